The lowest BCUT2D eigenvalue weighted by molar-refractivity contribution is 0.0973. The van der Waals surface area contributed by atoms with E-state index in [4.69, 9.17) is 11.6 Å². The van der Waals surface area contributed by atoms with Gasteiger partial charge in [-0.25, -0.2) is 4.79 Å². The van der Waals surface area contributed by atoms with E-state index in [0.29, 0.717) is 35.3 Å². The van der Waals surface area contributed by atoms with Gasteiger partial charge < -0.3 is 15.5 Å². The Balaban J connectivity index is 1.39. The molecule has 0 radical (unpaired) electrons. The molecule has 2 heterocycles. The molecule has 0 spiro atoms. The van der Waals surface area contributed by atoms with E-state index < -0.39 is 0 Å². The third-order valence-corrected chi connectivity index (χ3v) is 6.73. The Kier molecular flexibility index (Phi) is 7.20. The Labute approximate surface area is 200 Å². The minimum absolute atomic E-state index is 0.0450. The third kappa shape index (κ3) is 6.03. The molecule has 8 heteroatoms. The van der Waals surface area contributed by atoms with Crippen LogP contribution in [0.4, 0.5) is 10.5 Å². The Morgan fingerprint density at radius 3 is 2.64 bits per heavy atom. The molecule has 1 aromatic heterocycles. The molecule has 0 unspecified atom stereocenters. The van der Waals surface area contributed by atoms with E-state index in [1.54, 1.807) is 18.3 Å². The number of nitrogens with zero attached hydrogens (tertiary/aromatic N) is 3. The molecule has 1 saturated carbocycles. The molecule has 176 valence electrons. The fourth-order valence-corrected chi connectivity index (χ4v) is 4.44. The molecule has 1 aliphatic carbocycles. The van der Waals surface area contributed by atoms with Crippen molar-refractivity contribution < 1.29 is 9.59 Å². The minimum Gasteiger partial charge on any atom is -0.338 e. The number of carbonyl (C=O) groups is 2. The Bertz CT molecular complexity index is 1020. The number of benzene rings is 1. The number of aryl methyl sites for hydroxylation is 1. The maximum Gasteiger partial charge on any atom is 0.317 e. The van der Waals surface area contributed by atoms with Crippen molar-refractivity contribution in [2.45, 2.75) is 46.2 Å². The van der Waals surface area contributed by atoms with Crippen molar-refractivity contribution in [1.29, 1.82) is 0 Å². The van der Waals surface area contributed by atoms with Crippen LogP contribution in [0, 0.1) is 19.8 Å². The van der Waals surface area contributed by atoms with Crippen LogP contribution in [0.1, 0.15) is 46.9 Å². The minimum atomic E-state index is -0.210. The van der Waals surface area contributed by atoms with Crippen molar-refractivity contribution in [2.24, 2.45) is 5.92 Å². The largest absolute Gasteiger partial charge is 0.338 e. The summed E-state index contributed by atoms with van der Waals surface area (Å²) in [5, 5.41) is 6.64. The first-order valence-electron chi connectivity index (χ1n) is 11.6. The average Bonchev–Trinajstić information content (AvgIpc) is 3.60. The Morgan fingerprint density at radius 1 is 1.18 bits per heavy atom. The summed E-state index contributed by atoms with van der Waals surface area (Å²) in [6.45, 7) is 9.76. The van der Waals surface area contributed by atoms with Crippen LogP contribution >= 0.6 is 11.6 Å². The zero-order valence-corrected chi connectivity index (χ0v) is 20.3. The number of hydrogen-bond donors (Lipinski definition) is 2. The second kappa shape index (κ2) is 10.1. The fraction of sp³-hybridized carbons (Fsp3) is 0.480. The topological polar surface area (TPSA) is 77.6 Å². The maximum atomic E-state index is 12.7. The van der Waals surface area contributed by atoms with E-state index in [1.165, 1.54) is 12.8 Å². The smallest absolute Gasteiger partial charge is 0.317 e. The highest BCUT2D eigenvalue weighted by Crippen LogP contribution is 2.28. The third-order valence-electron chi connectivity index (χ3n) is 6.51. The number of aromatic nitrogens is 1. The van der Waals surface area contributed by atoms with E-state index in [0.717, 1.165) is 36.5 Å². The lowest BCUT2D eigenvalue weighted by Gasteiger charge is -2.40. The van der Waals surface area contributed by atoms with Gasteiger partial charge in [-0.3, -0.25) is 14.7 Å². The van der Waals surface area contributed by atoms with Crippen molar-refractivity contribution in [3.8, 4) is 0 Å². The van der Waals surface area contributed by atoms with Crippen molar-refractivity contribution in [3.63, 3.8) is 0 Å². The maximum absolute atomic E-state index is 12.7. The molecule has 1 aliphatic heterocycles. The van der Waals surface area contributed by atoms with Gasteiger partial charge in [-0.05, 0) is 74.9 Å². The number of halogens is 1. The van der Waals surface area contributed by atoms with Crippen LogP contribution in [0.2, 0.25) is 5.02 Å². The molecule has 1 saturated heterocycles. The van der Waals surface area contributed by atoms with E-state index >= 15 is 0 Å². The summed E-state index contributed by atoms with van der Waals surface area (Å²) >= 11 is 6.41. The molecule has 0 bridgehead atoms. The molecule has 1 aromatic carbocycles. The molecule has 2 aliphatic rings. The summed E-state index contributed by atoms with van der Waals surface area (Å²) < 4.78 is 0. The second-order valence-electron chi connectivity index (χ2n) is 9.29. The van der Waals surface area contributed by atoms with Gasteiger partial charge in [0.25, 0.3) is 5.91 Å². The molecule has 2 aromatic rings. The molecule has 2 N–H and O–H groups in total. The van der Waals surface area contributed by atoms with Crippen LogP contribution in [0.25, 0.3) is 0 Å². The van der Waals surface area contributed by atoms with Gasteiger partial charge in [0.1, 0.15) is 0 Å². The SMILES string of the molecule is Cc1ccc(C(=O)Nc2cc(Cl)cc(CN3CCN(C(=O)NCC4CC4)[C@@H](C)C3)c2C)cn1. The van der Waals surface area contributed by atoms with Crippen LogP contribution < -0.4 is 10.6 Å². The van der Waals surface area contributed by atoms with Crippen LogP contribution in [0.5, 0.6) is 0 Å². The summed E-state index contributed by atoms with van der Waals surface area (Å²) in [7, 11) is 0. The highest BCUT2D eigenvalue weighted by Gasteiger charge is 2.29. The van der Waals surface area contributed by atoms with Gasteiger partial charge in [-0.15, -0.1) is 0 Å². The molecule has 1 atom stereocenters. The summed E-state index contributed by atoms with van der Waals surface area (Å²) in [5.41, 5.74) is 4.13. The van der Waals surface area contributed by atoms with E-state index in [2.05, 4.69) is 27.4 Å². The zero-order valence-electron chi connectivity index (χ0n) is 19.5. The number of nitrogens with one attached hydrogen (secondary N) is 2. The van der Waals surface area contributed by atoms with E-state index in [1.807, 2.05) is 30.9 Å². The van der Waals surface area contributed by atoms with Gasteiger partial charge in [-0.2, -0.15) is 0 Å². The van der Waals surface area contributed by atoms with Gasteiger partial charge in [0, 0.05) is 61.4 Å². The van der Waals surface area contributed by atoms with Crippen molar-refractivity contribution >= 4 is 29.2 Å². The monoisotopic (exact) mass is 469 g/mol. The van der Waals surface area contributed by atoms with Crippen LogP contribution in [-0.2, 0) is 6.54 Å². The lowest BCUT2D eigenvalue weighted by atomic mass is 10.0. The molecular formula is C25H32ClN5O2. The van der Waals surface area contributed by atoms with Crippen molar-refractivity contribution in [2.75, 3.05) is 31.5 Å². The number of rotatable bonds is 6. The number of carbonyl (C=O) groups excluding carboxylic acids is 2. The predicted octanol–water partition coefficient (Wildman–Crippen LogP) is 4.23. The number of piperazine rings is 1. The summed E-state index contributed by atoms with van der Waals surface area (Å²) in [6.07, 6.45) is 4.03. The summed E-state index contributed by atoms with van der Waals surface area (Å²) in [5.74, 6) is 0.464. The first-order chi connectivity index (χ1) is 15.8. The molecular weight excluding hydrogens is 438 g/mol. The van der Waals surface area contributed by atoms with Crippen molar-refractivity contribution in [3.05, 3.63) is 57.9 Å². The van der Waals surface area contributed by atoms with E-state index in [-0.39, 0.29) is 18.0 Å². The summed E-state index contributed by atoms with van der Waals surface area (Å²) in [6, 6.07) is 7.50. The second-order valence-corrected chi connectivity index (χ2v) is 9.72. The molecule has 4 rings (SSSR count). The van der Waals surface area contributed by atoms with Crippen LogP contribution in [0.15, 0.2) is 30.5 Å². The zero-order chi connectivity index (χ0) is 23.5. The van der Waals surface area contributed by atoms with Crippen molar-refractivity contribution in [1.82, 2.24) is 20.1 Å². The number of pyridine rings is 1. The first-order valence-corrected chi connectivity index (χ1v) is 12.0. The molecule has 2 fully saturated rings. The average molecular weight is 470 g/mol. The Hall–Kier alpha value is -2.64. The van der Waals surface area contributed by atoms with Crippen LogP contribution in [0.3, 0.4) is 0 Å². The number of amides is 3. The first kappa shape index (κ1) is 23.5. The standard InChI is InChI=1S/C25H32ClN5O2/c1-16-4-7-20(13-27-16)24(32)29-23-11-22(26)10-21(18(23)3)15-30-8-9-31(17(2)14-30)25(33)28-12-19-5-6-19/h4,7,10-11,13,17,19H,5-6,8-9,12,14-15H2,1-3H3,(H,28,33)(H,29,32)/t17-/m0/s1. The number of anilines is 1. The molecule has 3 amide bonds. The van der Waals surface area contributed by atoms with Gasteiger partial charge in [0.2, 0.25) is 0 Å². The Morgan fingerprint density at radius 2 is 1.97 bits per heavy atom. The highest BCUT2D eigenvalue weighted by atomic mass is 35.5. The fourth-order valence-electron chi connectivity index (χ4n) is 4.20. The number of hydrogen-bond acceptors (Lipinski definition) is 4. The number of urea groups is 1. The van der Waals surface area contributed by atoms with Gasteiger partial charge in [0.05, 0.1) is 5.56 Å². The lowest BCUT2D eigenvalue weighted by Crippen LogP contribution is -2.56. The molecule has 7 nitrogen and oxygen atoms in total. The normalized spacial score (nSPS) is 18.8. The van der Waals surface area contributed by atoms with E-state index in [9.17, 15) is 9.59 Å². The quantitative estimate of drug-likeness (QED) is 0.663. The van der Waals surface area contributed by atoms with Gasteiger partial charge in [-0.1, -0.05) is 11.6 Å². The van der Waals surface area contributed by atoms with Gasteiger partial charge in [0.15, 0.2) is 0 Å². The highest BCUT2D eigenvalue weighted by molar-refractivity contribution is 6.31. The molecule has 33 heavy (non-hydrogen) atoms. The van der Waals surface area contributed by atoms with Crippen LogP contribution in [-0.4, -0.2) is 58.9 Å². The predicted molar refractivity (Wildman–Crippen MR) is 131 cm³/mol. The summed E-state index contributed by atoms with van der Waals surface area (Å²) in [4.78, 5) is 33.7. The van der Waals surface area contributed by atoms with Gasteiger partial charge >= 0.3 is 6.03 Å².